The zero-order valence-corrected chi connectivity index (χ0v) is 17.3. The maximum Gasteiger partial charge on any atom is 0.322 e. The lowest BCUT2D eigenvalue weighted by Crippen LogP contribution is -2.49. The van der Waals surface area contributed by atoms with E-state index in [0.717, 1.165) is 42.1 Å². The van der Waals surface area contributed by atoms with Crippen LogP contribution in [0.2, 0.25) is 0 Å². The molecule has 1 fully saturated rings. The van der Waals surface area contributed by atoms with E-state index in [1.54, 1.807) is 11.8 Å². The van der Waals surface area contributed by atoms with Crippen molar-refractivity contribution in [3.8, 4) is 0 Å². The summed E-state index contributed by atoms with van der Waals surface area (Å²) in [4.78, 5) is 15.7. The van der Waals surface area contributed by atoms with Gasteiger partial charge < -0.3 is 16.0 Å². The van der Waals surface area contributed by atoms with Crippen LogP contribution in [0.25, 0.3) is 0 Å². The van der Waals surface area contributed by atoms with E-state index in [1.165, 1.54) is 11.1 Å². The van der Waals surface area contributed by atoms with E-state index in [0.29, 0.717) is 6.54 Å². The van der Waals surface area contributed by atoms with Crippen LogP contribution in [0.3, 0.4) is 0 Å². The average Bonchev–Trinajstić information content (AvgIpc) is 2.68. The first-order valence-corrected chi connectivity index (χ1v) is 10.2. The third-order valence-electron chi connectivity index (χ3n) is 4.80. The molecule has 2 amide bonds. The van der Waals surface area contributed by atoms with Crippen molar-refractivity contribution in [2.45, 2.75) is 42.9 Å². The molecule has 0 saturated carbocycles. The van der Waals surface area contributed by atoms with Crippen molar-refractivity contribution in [1.82, 2.24) is 4.90 Å². The van der Waals surface area contributed by atoms with Gasteiger partial charge in [-0.1, -0.05) is 42.0 Å². The SMILES string of the molecule is Cc1ccc(CSc2ccccc2NC(=O)N2CCCCC2CN)cc1.Cl. The minimum Gasteiger partial charge on any atom is -0.328 e. The normalized spacial score (nSPS) is 16.5. The second kappa shape index (κ2) is 10.6. The second-order valence-electron chi connectivity index (χ2n) is 6.78. The van der Waals surface area contributed by atoms with Gasteiger partial charge in [-0.05, 0) is 43.9 Å². The van der Waals surface area contributed by atoms with E-state index >= 15 is 0 Å². The van der Waals surface area contributed by atoms with Gasteiger partial charge >= 0.3 is 6.03 Å². The highest BCUT2D eigenvalue weighted by Crippen LogP contribution is 2.30. The molecule has 0 radical (unpaired) electrons. The number of rotatable bonds is 5. The first-order chi connectivity index (χ1) is 12.7. The number of hydrogen-bond donors (Lipinski definition) is 2. The van der Waals surface area contributed by atoms with Crippen LogP contribution in [0.15, 0.2) is 53.4 Å². The Kier molecular flexibility index (Phi) is 8.48. The maximum atomic E-state index is 12.8. The number of benzene rings is 2. The van der Waals surface area contributed by atoms with Crippen LogP contribution < -0.4 is 11.1 Å². The molecule has 0 spiro atoms. The Balaban J connectivity index is 0.00000261. The predicted molar refractivity (Wildman–Crippen MR) is 117 cm³/mol. The standard InChI is InChI=1S/C21H27N3OS.ClH/c1-16-9-11-17(12-10-16)15-26-20-8-3-2-7-19(20)23-21(25)24-13-5-4-6-18(24)14-22;/h2-3,7-12,18H,4-6,13-15,22H2,1H3,(H,23,25);1H. The number of para-hydroxylation sites is 1. The van der Waals surface area contributed by atoms with Crippen molar-refractivity contribution >= 4 is 35.9 Å². The molecule has 4 nitrogen and oxygen atoms in total. The number of nitrogens with zero attached hydrogens (tertiary/aromatic N) is 1. The number of nitrogens with two attached hydrogens (primary N) is 1. The van der Waals surface area contributed by atoms with E-state index in [1.807, 2.05) is 23.1 Å². The summed E-state index contributed by atoms with van der Waals surface area (Å²) in [6, 6.07) is 16.7. The minimum absolute atomic E-state index is 0. The molecule has 2 aromatic carbocycles. The van der Waals surface area contributed by atoms with Crippen molar-refractivity contribution in [2.24, 2.45) is 5.73 Å². The minimum atomic E-state index is -0.0384. The summed E-state index contributed by atoms with van der Waals surface area (Å²) < 4.78 is 0. The Bertz CT molecular complexity index is 738. The van der Waals surface area contributed by atoms with Crippen LogP contribution in [-0.4, -0.2) is 30.1 Å². The van der Waals surface area contributed by atoms with Gasteiger partial charge in [-0.3, -0.25) is 0 Å². The molecular formula is C21H28ClN3OS. The second-order valence-corrected chi connectivity index (χ2v) is 7.80. The van der Waals surface area contributed by atoms with Crippen LogP contribution in [0.1, 0.15) is 30.4 Å². The van der Waals surface area contributed by atoms with Crippen LogP contribution in [0.5, 0.6) is 0 Å². The number of thioether (sulfide) groups is 1. The van der Waals surface area contributed by atoms with Gasteiger partial charge in [-0.2, -0.15) is 0 Å². The molecule has 1 aliphatic heterocycles. The molecule has 146 valence electrons. The predicted octanol–water partition coefficient (Wildman–Crippen LogP) is 5.05. The number of nitrogens with one attached hydrogen (secondary N) is 1. The number of likely N-dealkylation sites (tertiary alicyclic amines) is 1. The number of aryl methyl sites for hydroxylation is 1. The molecule has 0 aromatic heterocycles. The van der Waals surface area contributed by atoms with Crippen molar-refractivity contribution < 1.29 is 4.79 Å². The van der Waals surface area contributed by atoms with E-state index in [4.69, 9.17) is 5.73 Å². The molecule has 3 N–H and O–H groups in total. The average molecular weight is 406 g/mol. The fourth-order valence-corrected chi connectivity index (χ4v) is 4.21. The van der Waals surface area contributed by atoms with Crippen LogP contribution >= 0.6 is 24.2 Å². The largest absolute Gasteiger partial charge is 0.328 e. The summed E-state index contributed by atoms with van der Waals surface area (Å²) in [5, 5.41) is 3.10. The number of piperidine rings is 1. The summed E-state index contributed by atoms with van der Waals surface area (Å²) in [6.07, 6.45) is 3.19. The first-order valence-electron chi connectivity index (χ1n) is 9.22. The molecule has 2 aromatic rings. The molecule has 1 unspecified atom stereocenters. The highest BCUT2D eigenvalue weighted by molar-refractivity contribution is 7.98. The maximum absolute atomic E-state index is 12.8. The van der Waals surface area contributed by atoms with E-state index in [-0.39, 0.29) is 24.5 Å². The first kappa shape index (κ1) is 21.6. The molecule has 0 aliphatic carbocycles. The molecule has 6 heteroatoms. The molecule has 3 rings (SSSR count). The zero-order chi connectivity index (χ0) is 18.4. The zero-order valence-electron chi connectivity index (χ0n) is 15.7. The van der Waals surface area contributed by atoms with Gasteiger partial charge in [-0.25, -0.2) is 4.79 Å². The number of anilines is 1. The Hall–Kier alpha value is -1.69. The van der Waals surface area contributed by atoms with Crippen molar-refractivity contribution in [1.29, 1.82) is 0 Å². The van der Waals surface area contributed by atoms with E-state index in [9.17, 15) is 4.79 Å². The van der Waals surface area contributed by atoms with Gasteiger partial charge in [0.05, 0.1) is 5.69 Å². The molecule has 1 heterocycles. The number of carbonyl (C=O) groups is 1. The Labute approximate surface area is 172 Å². The molecule has 1 saturated heterocycles. The molecular weight excluding hydrogens is 378 g/mol. The summed E-state index contributed by atoms with van der Waals surface area (Å²) >= 11 is 1.74. The number of carbonyl (C=O) groups excluding carboxylic acids is 1. The lowest BCUT2D eigenvalue weighted by molar-refractivity contribution is 0.166. The quantitative estimate of drug-likeness (QED) is 0.684. The molecule has 1 atom stereocenters. The van der Waals surface area contributed by atoms with Gasteiger partial charge in [0.15, 0.2) is 0 Å². The topological polar surface area (TPSA) is 58.4 Å². The summed E-state index contributed by atoms with van der Waals surface area (Å²) in [5.74, 6) is 0.877. The summed E-state index contributed by atoms with van der Waals surface area (Å²) in [7, 11) is 0. The van der Waals surface area contributed by atoms with Crippen LogP contribution in [0.4, 0.5) is 10.5 Å². The summed E-state index contributed by atoms with van der Waals surface area (Å²) in [6.45, 7) is 3.40. The van der Waals surface area contributed by atoms with Gasteiger partial charge in [0, 0.05) is 29.8 Å². The highest BCUT2D eigenvalue weighted by atomic mass is 35.5. The van der Waals surface area contributed by atoms with Crippen molar-refractivity contribution in [3.05, 3.63) is 59.7 Å². The van der Waals surface area contributed by atoms with Crippen LogP contribution in [0, 0.1) is 6.92 Å². The van der Waals surface area contributed by atoms with Gasteiger partial charge in [-0.15, -0.1) is 24.2 Å². The van der Waals surface area contributed by atoms with E-state index in [2.05, 4.69) is 42.6 Å². The molecule has 0 bridgehead atoms. The van der Waals surface area contributed by atoms with Crippen molar-refractivity contribution in [3.63, 3.8) is 0 Å². The fraction of sp³-hybridized carbons (Fsp3) is 0.381. The third kappa shape index (κ3) is 5.89. The Morgan fingerprint density at radius 1 is 1.19 bits per heavy atom. The molecule has 27 heavy (non-hydrogen) atoms. The Morgan fingerprint density at radius 3 is 2.67 bits per heavy atom. The number of urea groups is 1. The summed E-state index contributed by atoms with van der Waals surface area (Å²) in [5.41, 5.74) is 9.27. The fourth-order valence-electron chi connectivity index (χ4n) is 3.24. The van der Waals surface area contributed by atoms with Crippen molar-refractivity contribution in [2.75, 3.05) is 18.4 Å². The number of amides is 2. The van der Waals surface area contributed by atoms with Crippen LogP contribution in [-0.2, 0) is 5.75 Å². The number of hydrogen-bond acceptors (Lipinski definition) is 3. The lowest BCUT2D eigenvalue weighted by atomic mass is 10.0. The van der Waals surface area contributed by atoms with Gasteiger partial charge in [0.25, 0.3) is 0 Å². The smallest absolute Gasteiger partial charge is 0.322 e. The lowest BCUT2D eigenvalue weighted by Gasteiger charge is -2.35. The highest BCUT2D eigenvalue weighted by Gasteiger charge is 2.25. The Morgan fingerprint density at radius 2 is 1.93 bits per heavy atom. The number of halogens is 1. The molecule has 1 aliphatic rings. The van der Waals surface area contributed by atoms with Gasteiger partial charge in [0.1, 0.15) is 0 Å². The third-order valence-corrected chi connectivity index (χ3v) is 5.95. The van der Waals surface area contributed by atoms with Gasteiger partial charge in [0.2, 0.25) is 0 Å². The van der Waals surface area contributed by atoms with E-state index < -0.39 is 0 Å². The monoisotopic (exact) mass is 405 g/mol.